The van der Waals surface area contributed by atoms with E-state index in [4.69, 9.17) is 15.1 Å². The minimum Gasteiger partial charge on any atom is -0.480 e. The Morgan fingerprint density at radius 3 is 2.43 bits per heavy atom. The Kier molecular flexibility index (Phi) is 5.89. The molecule has 0 saturated carbocycles. The lowest BCUT2D eigenvalue weighted by molar-refractivity contribution is -0.139. The Labute approximate surface area is 121 Å². The minimum atomic E-state index is -1.20. The van der Waals surface area contributed by atoms with Crippen LogP contribution in [0, 0.1) is 11.3 Å². The van der Waals surface area contributed by atoms with E-state index in [-0.39, 0.29) is 18.4 Å². The predicted octanol–water partition coefficient (Wildman–Crippen LogP) is 1.10. The van der Waals surface area contributed by atoms with Gasteiger partial charge in [0, 0.05) is 18.9 Å². The molecule has 7 nitrogen and oxygen atoms in total. The van der Waals surface area contributed by atoms with Gasteiger partial charge >= 0.3 is 11.9 Å². The van der Waals surface area contributed by atoms with Crippen molar-refractivity contribution in [2.75, 3.05) is 0 Å². The van der Waals surface area contributed by atoms with Crippen LogP contribution < -0.4 is 10.1 Å². The maximum Gasteiger partial charge on any atom is 0.326 e. The smallest absolute Gasteiger partial charge is 0.326 e. The van der Waals surface area contributed by atoms with Gasteiger partial charge in [-0.1, -0.05) is 0 Å². The summed E-state index contributed by atoms with van der Waals surface area (Å²) in [6.45, 7) is 1.26. The molecule has 1 rings (SSSR count). The van der Waals surface area contributed by atoms with Gasteiger partial charge in [-0.25, -0.2) is 4.79 Å². The summed E-state index contributed by atoms with van der Waals surface area (Å²) < 4.78 is 4.82. The van der Waals surface area contributed by atoms with Gasteiger partial charge in [0.2, 0.25) is 0 Å². The maximum absolute atomic E-state index is 11.9. The molecule has 0 fully saturated rings. The van der Waals surface area contributed by atoms with E-state index in [0.29, 0.717) is 5.75 Å². The number of hydrogen-bond donors (Lipinski definition) is 2. The molecule has 0 aliphatic heterocycles. The van der Waals surface area contributed by atoms with Gasteiger partial charge in [0.15, 0.2) is 0 Å². The molecule has 110 valence electrons. The summed E-state index contributed by atoms with van der Waals surface area (Å²) >= 11 is 0. The zero-order valence-corrected chi connectivity index (χ0v) is 11.3. The Bertz CT molecular complexity index is 574. The van der Waals surface area contributed by atoms with E-state index in [1.165, 1.54) is 31.2 Å². The first-order valence-electron chi connectivity index (χ1n) is 6.13. The van der Waals surface area contributed by atoms with Gasteiger partial charge in [-0.2, -0.15) is 5.26 Å². The van der Waals surface area contributed by atoms with E-state index >= 15 is 0 Å². The van der Waals surface area contributed by atoms with E-state index in [2.05, 4.69) is 5.32 Å². The molecule has 1 amide bonds. The molecular formula is C14H14N2O5. The van der Waals surface area contributed by atoms with E-state index < -0.39 is 23.9 Å². The zero-order chi connectivity index (χ0) is 15.8. The molecule has 2 N–H and O–H groups in total. The lowest BCUT2D eigenvalue weighted by Crippen LogP contribution is -2.40. The summed E-state index contributed by atoms with van der Waals surface area (Å²) in [6.07, 6.45) is 0.0613. The quantitative estimate of drug-likeness (QED) is 0.598. The largest absolute Gasteiger partial charge is 0.480 e. The molecule has 21 heavy (non-hydrogen) atoms. The molecule has 0 spiro atoms. The third kappa shape index (κ3) is 5.32. The number of benzene rings is 1. The lowest BCUT2D eigenvalue weighted by Gasteiger charge is -2.13. The first-order chi connectivity index (χ1) is 9.93. The van der Waals surface area contributed by atoms with Gasteiger partial charge in [-0.05, 0) is 30.7 Å². The number of carbonyl (C=O) groups is 3. The number of carbonyl (C=O) groups excluding carboxylic acids is 2. The summed E-state index contributed by atoms with van der Waals surface area (Å²) in [5, 5.41) is 19.7. The standard InChI is InChI=1S/C14H14N2O5/c1-9(17)21-11-6-4-10(5-7-11)13(18)16-12(14(19)20)3-2-8-15/h4-7,12H,2-3H2,1H3,(H,16,18)(H,19,20)/t12-/m1/s1. The minimum absolute atomic E-state index is 0.0304. The molecule has 7 heteroatoms. The second kappa shape index (κ2) is 7.65. The number of nitrogens with zero attached hydrogens (tertiary/aromatic N) is 1. The van der Waals surface area contributed by atoms with Crippen LogP contribution in [0.15, 0.2) is 24.3 Å². The second-order valence-electron chi connectivity index (χ2n) is 4.18. The third-order valence-corrected chi connectivity index (χ3v) is 2.53. The predicted molar refractivity (Wildman–Crippen MR) is 71.5 cm³/mol. The summed E-state index contributed by atoms with van der Waals surface area (Å²) in [5.74, 6) is -1.96. The lowest BCUT2D eigenvalue weighted by atomic mass is 10.1. The number of carboxylic acids is 1. The van der Waals surface area contributed by atoms with Crippen LogP contribution in [0.1, 0.15) is 30.1 Å². The molecule has 1 aromatic rings. The van der Waals surface area contributed by atoms with Crippen molar-refractivity contribution in [2.45, 2.75) is 25.8 Å². The molecule has 0 aliphatic carbocycles. The van der Waals surface area contributed by atoms with Crippen molar-refractivity contribution in [1.82, 2.24) is 5.32 Å². The van der Waals surface area contributed by atoms with E-state index in [9.17, 15) is 14.4 Å². The number of ether oxygens (including phenoxy) is 1. The summed E-state index contributed by atoms with van der Waals surface area (Å²) in [6, 6.07) is 6.40. The summed E-state index contributed by atoms with van der Waals surface area (Å²) in [4.78, 5) is 33.6. The fourth-order valence-electron chi connectivity index (χ4n) is 1.55. The highest BCUT2D eigenvalue weighted by Crippen LogP contribution is 2.12. The fraction of sp³-hybridized carbons (Fsp3) is 0.286. The van der Waals surface area contributed by atoms with E-state index in [1.54, 1.807) is 0 Å². The van der Waals surface area contributed by atoms with Crippen molar-refractivity contribution in [1.29, 1.82) is 5.26 Å². The molecule has 0 heterocycles. The summed E-state index contributed by atoms with van der Waals surface area (Å²) in [5.41, 5.74) is 0.231. The highest BCUT2D eigenvalue weighted by atomic mass is 16.5. The van der Waals surface area contributed by atoms with Gasteiger partial charge in [0.25, 0.3) is 5.91 Å². The van der Waals surface area contributed by atoms with Gasteiger partial charge in [-0.3, -0.25) is 9.59 Å². The Hall–Kier alpha value is -2.88. The molecule has 1 atom stereocenters. The van der Waals surface area contributed by atoms with Crippen molar-refractivity contribution < 1.29 is 24.2 Å². The van der Waals surface area contributed by atoms with Crippen LogP contribution >= 0.6 is 0 Å². The second-order valence-corrected chi connectivity index (χ2v) is 4.18. The normalized spacial score (nSPS) is 11.0. The molecule has 0 radical (unpaired) electrons. The van der Waals surface area contributed by atoms with Crippen molar-refractivity contribution >= 4 is 17.8 Å². The Balaban J connectivity index is 2.71. The number of rotatable bonds is 6. The average molecular weight is 290 g/mol. The number of hydrogen-bond acceptors (Lipinski definition) is 5. The van der Waals surface area contributed by atoms with E-state index in [1.807, 2.05) is 6.07 Å². The highest BCUT2D eigenvalue weighted by Gasteiger charge is 2.20. The van der Waals surface area contributed by atoms with Crippen LogP contribution in [0.5, 0.6) is 5.75 Å². The van der Waals surface area contributed by atoms with Crippen LogP contribution in [0.4, 0.5) is 0 Å². The number of esters is 1. The highest BCUT2D eigenvalue weighted by molar-refractivity contribution is 5.96. The SMILES string of the molecule is CC(=O)Oc1ccc(C(=O)N[C@H](CCC#N)C(=O)O)cc1. The van der Waals surface area contributed by atoms with Crippen molar-refractivity contribution in [3.8, 4) is 11.8 Å². The number of amides is 1. The zero-order valence-electron chi connectivity index (χ0n) is 11.3. The monoisotopic (exact) mass is 290 g/mol. The topological polar surface area (TPSA) is 116 Å². The van der Waals surface area contributed by atoms with Gasteiger partial charge in [0.1, 0.15) is 11.8 Å². The van der Waals surface area contributed by atoms with Gasteiger partial charge < -0.3 is 15.2 Å². The number of aliphatic carboxylic acids is 1. The fourth-order valence-corrected chi connectivity index (χ4v) is 1.55. The number of nitriles is 1. The number of nitrogens with one attached hydrogen (secondary N) is 1. The molecule has 0 saturated heterocycles. The van der Waals surface area contributed by atoms with Crippen molar-refractivity contribution in [2.24, 2.45) is 0 Å². The first-order valence-corrected chi connectivity index (χ1v) is 6.13. The maximum atomic E-state index is 11.9. The number of carboxylic acid groups (broad SMARTS) is 1. The van der Waals surface area contributed by atoms with Gasteiger partial charge in [0.05, 0.1) is 6.07 Å². The summed E-state index contributed by atoms with van der Waals surface area (Å²) in [7, 11) is 0. The van der Waals surface area contributed by atoms with E-state index in [0.717, 1.165) is 0 Å². The van der Waals surface area contributed by atoms with Crippen molar-refractivity contribution in [3.63, 3.8) is 0 Å². The van der Waals surface area contributed by atoms with Crippen LogP contribution in [0.3, 0.4) is 0 Å². The van der Waals surface area contributed by atoms with Gasteiger partial charge in [-0.15, -0.1) is 0 Å². The Morgan fingerprint density at radius 2 is 1.95 bits per heavy atom. The first kappa shape index (κ1) is 16.2. The molecule has 0 unspecified atom stereocenters. The molecule has 0 aliphatic rings. The third-order valence-electron chi connectivity index (χ3n) is 2.53. The van der Waals surface area contributed by atoms with Crippen LogP contribution in [-0.4, -0.2) is 29.0 Å². The molecular weight excluding hydrogens is 276 g/mol. The molecule has 0 bridgehead atoms. The Morgan fingerprint density at radius 1 is 1.33 bits per heavy atom. The molecule has 1 aromatic carbocycles. The average Bonchev–Trinajstić information content (AvgIpc) is 2.43. The van der Waals surface area contributed by atoms with Crippen molar-refractivity contribution in [3.05, 3.63) is 29.8 Å². The molecule has 0 aromatic heterocycles. The van der Waals surface area contributed by atoms with Crippen LogP contribution in [0.2, 0.25) is 0 Å². The van der Waals surface area contributed by atoms with Crippen LogP contribution in [-0.2, 0) is 9.59 Å². The van der Waals surface area contributed by atoms with Crippen LogP contribution in [0.25, 0.3) is 0 Å².